The zero-order chi connectivity index (χ0) is 20.9. The lowest BCUT2D eigenvalue weighted by molar-refractivity contribution is 0.413. The molecule has 2 aromatic heterocycles. The summed E-state index contributed by atoms with van der Waals surface area (Å²) >= 11 is 0. The molecule has 1 aliphatic heterocycles. The van der Waals surface area contributed by atoms with Crippen molar-refractivity contribution < 1.29 is 4.74 Å². The van der Waals surface area contributed by atoms with Gasteiger partial charge in [-0.15, -0.1) is 4.80 Å². The smallest absolute Gasteiger partial charge is 0.132 e. The third-order valence-corrected chi connectivity index (χ3v) is 6.27. The van der Waals surface area contributed by atoms with Crippen molar-refractivity contribution in [2.24, 2.45) is 0 Å². The second kappa shape index (κ2) is 6.86. The van der Waals surface area contributed by atoms with E-state index in [-0.39, 0.29) is 5.54 Å². The molecular weight excluding hydrogens is 376 g/mol. The summed E-state index contributed by atoms with van der Waals surface area (Å²) in [6, 6.07) is 11.5. The van der Waals surface area contributed by atoms with Crippen molar-refractivity contribution in [1.29, 1.82) is 0 Å². The van der Waals surface area contributed by atoms with E-state index in [2.05, 4.69) is 59.1 Å². The van der Waals surface area contributed by atoms with Gasteiger partial charge in [-0.3, -0.25) is 0 Å². The van der Waals surface area contributed by atoms with E-state index in [1.807, 2.05) is 12.1 Å². The van der Waals surface area contributed by atoms with Crippen LogP contribution in [-0.2, 0) is 5.54 Å². The third-order valence-electron chi connectivity index (χ3n) is 6.27. The first-order valence-corrected chi connectivity index (χ1v) is 10.2. The van der Waals surface area contributed by atoms with Crippen molar-refractivity contribution in [3.05, 3.63) is 59.7 Å². The number of benzene rings is 2. The minimum absolute atomic E-state index is 0.289. The van der Waals surface area contributed by atoms with Crippen molar-refractivity contribution in [3.63, 3.8) is 0 Å². The second-order valence-corrected chi connectivity index (χ2v) is 8.16. The van der Waals surface area contributed by atoms with Gasteiger partial charge in [0, 0.05) is 18.7 Å². The number of aromatic nitrogens is 5. The maximum absolute atomic E-state index is 5.50. The van der Waals surface area contributed by atoms with Crippen molar-refractivity contribution in [3.8, 4) is 11.4 Å². The lowest BCUT2D eigenvalue weighted by atomic mass is 9.97. The number of nitrogens with zero attached hydrogens (tertiary/aromatic N) is 5. The molecule has 1 atom stereocenters. The van der Waals surface area contributed by atoms with E-state index in [0.29, 0.717) is 0 Å². The highest BCUT2D eigenvalue weighted by Crippen LogP contribution is 2.44. The maximum atomic E-state index is 5.50. The summed E-state index contributed by atoms with van der Waals surface area (Å²) in [4.78, 5) is 12.6. The van der Waals surface area contributed by atoms with Crippen LogP contribution in [0.3, 0.4) is 0 Å². The molecule has 30 heavy (non-hydrogen) atoms. The van der Waals surface area contributed by atoms with Crippen molar-refractivity contribution in [2.75, 3.05) is 18.6 Å². The Balaban J connectivity index is 1.65. The lowest BCUT2D eigenvalue weighted by Crippen LogP contribution is -2.40. The number of aryl methyl sites for hydroxylation is 2. The summed E-state index contributed by atoms with van der Waals surface area (Å²) in [6.45, 7) is 7.41. The monoisotopic (exact) mass is 401 g/mol. The molecule has 0 saturated carbocycles. The van der Waals surface area contributed by atoms with Gasteiger partial charge in [0.05, 0.1) is 41.8 Å². The number of H-pyrrole nitrogens is 1. The Morgan fingerprint density at radius 2 is 1.90 bits per heavy atom. The first kappa shape index (κ1) is 18.7. The number of hydrogen-bond donors (Lipinski definition) is 1. The number of hydrogen-bond acceptors (Lipinski definition) is 5. The van der Waals surface area contributed by atoms with Gasteiger partial charge in [-0.2, -0.15) is 10.2 Å². The number of fused-ring (bicyclic) bond motifs is 1. The van der Waals surface area contributed by atoms with Crippen LogP contribution >= 0.6 is 0 Å². The van der Waals surface area contributed by atoms with Crippen LogP contribution in [0.25, 0.3) is 16.7 Å². The van der Waals surface area contributed by atoms with Crippen molar-refractivity contribution >= 4 is 16.7 Å². The van der Waals surface area contributed by atoms with E-state index in [1.165, 1.54) is 11.1 Å². The van der Waals surface area contributed by atoms with E-state index >= 15 is 0 Å². The van der Waals surface area contributed by atoms with Crippen LogP contribution in [0.2, 0.25) is 0 Å². The highest BCUT2D eigenvalue weighted by Gasteiger charge is 2.42. The highest BCUT2D eigenvalue weighted by molar-refractivity contribution is 5.78. The molecule has 0 aliphatic carbocycles. The molecule has 3 heterocycles. The summed E-state index contributed by atoms with van der Waals surface area (Å²) in [5.41, 5.74) is 6.10. The fourth-order valence-corrected chi connectivity index (χ4v) is 4.39. The zero-order valence-electron chi connectivity index (χ0n) is 17.7. The third kappa shape index (κ3) is 2.84. The molecule has 4 aromatic rings. The van der Waals surface area contributed by atoms with Gasteiger partial charge < -0.3 is 14.6 Å². The average Bonchev–Trinajstić information content (AvgIpc) is 3.48. The molecule has 2 aromatic carbocycles. The fraction of sp³-hybridized carbons (Fsp3) is 0.348. The first-order chi connectivity index (χ1) is 14.5. The summed E-state index contributed by atoms with van der Waals surface area (Å²) in [5.74, 6) is 1.73. The molecule has 7 nitrogen and oxygen atoms in total. The van der Waals surface area contributed by atoms with Crippen molar-refractivity contribution in [1.82, 2.24) is 25.0 Å². The van der Waals surface area contributed by atoms with Gasteiger partial charge in [0.15, 0.2) is 0 Å². The number of imidazole rings is 1. The van der Waals surface area contributed by atoms with Crippen LogP contribution < -0.4 is 9.64 Å². The number of nitrogens with one attached hydrogen (secondary N) is 1. The Morgan fingerprint density at radius 3 is 2.67 bits per heavy atom. The number of methoxy groups -OCH3 is 1. The van der Waals surface area contributed by atoms with Gasteiger partial charge in [-0.1, -0.05) is 0 Å². The standard InChI is InChI=1S/C23H25N6O/c1-15-12-18-19(13-16(15)2)27-22(26-18)23(3)8-5-11-28(23)21-14-17(30-4)6-7-20(21)29-24-9-10-25-29/h6,9-10,12-14H,5,8,11H2,1-4H3,(H,26,27)/t23-/m0/s1. The number of aromatic amines is 1. The molecule has 0 spiro atoms. The van der Waals surface area contributed by atoms with Crippen LogP contribution in [0, 0.1) is 19.9 Å². The summed E-state index contributed by atoms with van der Waals surface area (Å²) < 4.78 is 5.50. The van der Waals surface area contributed by atoms with Gasteiger partial charge in [-0.25, -0.2) is 4.98 Å². The predicted octanol–water partition coefficient (Wildman–Crippen LogP) is 4.08. The molecule has 1 N–H and O–H groups in total. The number of ether oxygens (including phenoxy) is 1. The van der Waals surface area contributed by atoms with Gasteiger partial charge in [0.25, 0.3) is 0 Å². The minimum atomic E-state index is -0.289. The van der Waals surface area contributed by atoms with Crippen LogP contribution in [0.15, 0.2) is 36.7 Å². The predicted molar refractivity (Wildman–Crippen MR) is 116 cm³/mol. The summed E-state index contributed by atoms with van der Waals surface area (Å²) in [7, 11) is 1.67. The van der Waals surface area contributed by atoms with Crippen LogP contribution in [0.5, 0.6) is 5.75 Å². The molecule has 153 valence electrons. The normalized spacial score (nSPS) is 19.0. The molecule has 1 saturated heterocycles. The van der Waals surface area contributed by atoms with E-state index in [4.69, 9.17) is 9.72 Å². The Hall–Kier alpha value is -3.35. The van der Waals surface area contributed by atoms with Crippen LogP contribution in [0.4, 0.5) is 5.69 Å². The molecular formula is C23H25N6O. The lowest BCUT2D eigenvalue weighted by Gasteiger charge is -2.36. The Kier molecular flexibility index (Phi) is 4.27. The van der Waals surface area contributed by atoms with Crippen molar-refractivity contribution in [2.45, 2.75) is 39.2 Å². The van der Waals surface area contributed by atoms with E-state index in [1.54, 1.807) is 24.3 Å². The van der Waals surface area contributed by atoms with Gasteiger partial charge >= 0.3 is 0 Å². The molecule has 0 amide bonds. The van der Waals surface area contributed by atoms with Gasteiger partial charge in [0.1, 0.15) is 17.3 Å². The quantitative estimate of drug-likeness (QED) is 0.558. The molecule has 1 radical (unpaired) electrons. The summed E-state index contributed by atoms with van der Waals surface area (Å²) in [6.07, 6.45) is 5.41. The van der Waals surface area contributed by atoms with Gasteiger partial charge in [0.2, 0.25) is 0 Å². The Morgan fingerprint density at radius 1 is 1.13 bits per heavy atom. The second-order valence-electron chi connectivity index (χ2n) is 8.16. The first-order valence-electron chi connectivity index (χ1n) is 10.2. The highest BCUT2D eigenvalue weighted by atomic mass is 16.5. The summed E-state index contributed by atoms with van der Waals surface area (Å²) in [5, 5.41) is 8.66. The largest absolute Gasteiger partial charge is 0.497 e. The number of rotatable bonds is 4. The fourth-order valence-electron chi connectivity index (χ4n) is 4.39. The zero-order valence-corrected chi connectivity index (χ0v) is 17.7. The average molecular weight is 401 g/mol. The molecule has 5 rings (SSSR count). The maximum Gasteiger partial charge on any atom is 0.132 e. The van der Waals surface area contributed by atoms with E-state index in [0.717, 1.165) is 53.4 Å². The molecule has 1 aliphatic rings. The Labute approximate surface area is 175 Å². The molecule has 1 fully saturated rings. The SMILES string of the molecule is COc1c[c]c(-n2nccn2)c(N2CCC[C@@]2(C)c2nc3cc(C)c(C)cc3[nH]2)c1. The Bertz CT molecular complexity index is 1170. The topological polar surface area (TPSA) is 71.9 Å². The van der Waals surface area contributed by atoms with Gasteiger partial charge in [-0.05, 0) is 62.9 Å². The van der Waals surface area contributed by atoms with Crippen LogP contribution in [-0.4, -0.2) is 38.6 Å². The van der Waals surface area contributed by atoms with E-state index < -0.39 is 0 Å². The van der Waals surface area contributed by atoms with Crippen LogP contribution in [0.1, 0.15) is 36.7 Å². The number of anilines is 1. The van der Waals surface area contributed by atoms with E-state index in [9.17, 15) is 0 Å². The minimum Gasteiger partial charge on any atom is -0.497 e. The molecule has 7 heteroatoms. The molecule has 0 bridgehead atoms. The molecule has 0 unspecified atom stereocenters.